The summed E-state index contributed by atoms with van der Waals surface area (Å²) in [6.45, 7) is 9.03. The van der Waals surface area contributed by atoms with E-state index in [4.69, 9.17) is 9.47 Å². The van der Waals surface area contributed by atoms with Gasteiger partial charge < -0.3 is 14.0 Å². The van der Waals surface area contributed by atoms with Crippen LogP contribution in [0.25, 0.3) is 0 Å². The lowest BCUT2D eigenvalue weighted by Crippen LogP contribution is -2.45. The van der Waals surface area contributed by atoms with Gasteiger partial charge in [-0.3, -0.25) is 15.0 Å². The minimum atomic E-state index is -0.603. The molecule has 1 aliphatic heterocycles. The molecular weight excluding hydrogens is 346 g/mol. The van der Waals surface area contributed by atoms with Gasteiger partial charge in [0.05, 0.1) is 13.2 Å². The predicted molar refractivity (Wildman–Crippen MR) is 104 cm³/mol. The zero-order valence-corrected chi connectivity index (χ0v) is 16.6. The molecule has 1 aromatic heterocycles. The molecule has 0 bridgehead atoms. The number of pyridine rings is 1. The number of aromatic nitrogens is 1. The van der Waals surface area contributed by atoms with E-state index in [0.29, 0.717) is 6.04 Å². The minimum absolute atomic E-state index is 0.168. The van der Waals surface area contributed by atoms with Gasteiger partial charge in [-0.25, -0.2) is 4.79 Å². The molecule has 0 unspecified atom stereocenters. The maximum Gasteiger partial charge on any atom is 0.412 e. The van der Waals surface area contributed by atoms with Gasteiger partial charge in [0, 0.05) is 31.4 Å². The Hall–Kier alpha value is -1.86. The summed E-state index contributed by atoms with van der Waals surface area (Å²) >= 11 is 0. The first kappa shape index (κ1) is 19.9. The summed E-state index contributed by atoms with van der Waals surface area (Å²) in [5.41, 5.74) is -0.504. The van der Waals surface area contributed by atoms with Crippen LogP contribution in [0.3, 0.4) is 0 Å². The molecule has 0 aromatic carbocycles. The monoisotopic (exact) mass is 377 g/mol. The molecule has 7 heteroatoms. The van der Waals surface area contributed by atoms with Crippen molar-refractivity contribution in [1.29, 1.82) is 0 Å². The van der Waals surface area contributed by atoms with Crippen molar-refractivity contribution in [3.63, 3.8) is 0 Å². The van der Waals surface area contributed by atoms with Gasteiger partial charge in [0.15, 0.2) is 0 Å². The van der Waals surface area contributed by atoms with Gasteiger partial charge >= 0.3 is 6.09 Å². The van der Waals surface area contributed by atoms with Crippen molar-refractivity contribution in [1.82, 2.24) is 9.47 Å². The molecule has 0 radical (unpaired) electrons. The predicted octanol–water partition coefficient (Wildman–Crippen LogP) is 3.01. The molecular formula is C20H31N3O4. The van der Waals surface area contributed by atoms with Crippen LogP contribution in [-0.2, 0) is 9.47 Å². The summed E-state index contributed by atoms with van der Waals surface area (Å²) in [5.74, 6) is 0. The number of anilines is 1. The topological polar surface area (TPSA) is 72.8 Å². The van der Waals surface area contributed by atoms with Gasteiger partial charge in [0.2, 0.25) is 0 Å². The summed E-state index contributed by atoms with van der Waals surface area (Å²) < 4.78 is 12.5. The van der Waals surface area contributed by atoms with Gasteiger partial charge in [0.1, 0.15) is 11.3 Å². The van der Waals surface area contributed by atoms with Gasteiger partial charge in [0.25, 0.3) is 5.56 Å². The highest BCUT2D eigenvalue weighted by Gasteiger charge is 2.28. The third-order valence-corrected chi connectivity index (χ3v) is 5.23. The minimum Gasteiger partial charge on any atom is -0.444 e. The highest BCUT2D eigenvalue weighted by Crippen LogP contribution is 2.30. The van der Waals surface area contributed by atoms with Gasteiger partial charge in [-0.1, -0.05) is 0 Å². The number of hydrogen-bond donors (Lipinski definition) is 1. The van der Waals surface area contributed by atoms with Crippen molar-refractivity contribution in [2.45, 2.75) is 64.1 Å². The van der Waals surface area contributed by atoms with Crippen molar-refractivity contribution < 1.29 is 14.3 Å². The van der Waals surface area contributed by atoms with Crippen LogP contribution in [0.15, 0.2) is 23.1 Å². The number of carbonyl (C=O) groups is 1. The van der Waals surface area contributed by atoms with E-state index < -0.39 is 11.7 Å². The quantitative estimate of drug-likeness (QED) is 0.877. The maximum absolute atomic E-state index is 12.8. The number of carbonyl (C=O) groups excluding carboxylic acids is 1. The Labute approximate surface area is 160 Å². The fourth-order valence-electron chi connectivity index (χ4n) is 3.95. The smallest absolute Gasteiger partial charge is 0.412 e. The Balaban J connectivity index is 1.62. The van der Waals surface area contributed by atoms with Crippen molar-refractivity contribution in [3.05, 3.63) is 28.7 Å². The van der Waals surface area contributed by atoms with E-state index in [1.807, 2.05) is 12.3 Å². The average molecular weight is 377 g/mol. The Kier molecular flexibility index (Phi) is 6.22. The highest BCUT2D eigenvalue weighted by molar-refractivity contribution is 5.84. The molecule has 1 saturated carbocycles. The summed E-state index contributed by atoms with van der Waals surface area (Å²) in [6, 6.07) is 4.20. The number of amides is 1. The zero-order valence-electron chi connectivity index (χ0n) is 16.6. The van der Waals surface area contributed by atoms with Crippen LogP contribution in [0.4, 0.5) is 10.5 Å². The lowest BCUT2D eigenvalue weighted by atomic mass is 9.89. The second-order valence-corrected chi connectivity index (χ2v) is 8.37. The summed E-state index contributed by atoms with van der Waals surface area (Å²) in [5, 5.41) is 2.59. The van der Waals surface area contributed by atoms with E-state index in [-0.39, 0.29) is 17.3 Å². The molecule has 3 rings (SSSR count). The molecule has 0 atom stereocenters. The Morgan fingerprint density at radius 3 is 2.41 bits per heavy atom. The standard InChI is InChI=1S/C20H31N3O4/c1-20(2,3)27-19(25)21-17-5-4-10-23(18(17)24)16-8-6-15(7-9-16)22-11-13-26-14-12-22/h4-5,10,15-16H,6-9,11-14H2,1-3H3,(H,21,25). The third kappa shape index (κ3) is 5.32. The maximum atomic E-state index is 12.8. The van der Waals surface area contributed by atoms with Crippen LogP contribution in [0.2, 0.25) is 0 Å². The Morgan fingerprint density at radius 1 is 1.15 bits per heavy atom. The molecule has 150 valence electrons. The fourth-order valence-corrected chi connectivity index (χ4v) is 3.95. The van der Waals surface area contributed by atoms with E-state index in [9.17, 15) is 9.59 Å². The molecule has 1 aromatic rings. The van der Waals surface area contributed by atoms with Crippen molar-refractivity contribution in [3.8, 4) is 0 Å². The third-order valence-electron chi connectivity index (χ3n) is 5.23. The molecule has 1 amide bonds. The number of hydrogen-bond acceptors (Lipinski definition) is 5. The fraction of sp³-hybridized carbons (Fsp3) is 0.700. The molecule has 1 aliphatic carbocycles. The number of ether oxygens (including phenoxy) is 2. The number of rotatable bonds is 3. The van der Waals surface area contributed by atoms with Crippen molar-refractivity contribution in [2.24, 2.45) is 0 Å². The lowest BCUT2D eigenvalue weighted by Gasteiger charge is -2.39. The van der Waals surface area contributed by atoms with Crippen LogP contribution >= 0.6 is 0 Å². The molecule has 0 spiro atoms. The first-order valence-electron chi connectivity index (χ1n) is 9.86. The van der Waals surface area contributed by atoms with Crippen LogP contribution in [0.1, 0.15) is 52.5 Å². The van der Waals surface area contributed by atoms with Crippen LogP contribution in [0.5, 0.6) is 0 Å². The molecule has 1 saturated heterocycles. The highest BCUT2D eigenvalue weighted by atomic mass is 16.6. The first-order valence-corrected chi connectivity index (χ1v) is 9.86. The van der Waals surface area contributed by atoms with E-state index in [1.165, 1.54) is 0 Å². The van der Waals surface area contributed by atoms with Crippen LogP contribution in [0, 0.1) is 0 Å². The summed E-state index contributed by atoms with van der Waals surface area (Å²) in [6.07, 6.45) is 5.33. The van der Waals surface area contributed by atoms with E-state index in [0.717, 1.165) is 52.0 Å². The molecule has 2 aliphatic rings. The van der Waals surface area contributed by atoms with Crippen LogP contribution < -0.4 is 10.9 Å². The summed E-state index contributed by atoms with van der Waals surface area (Å²) in [7, 11) is 0. The average Bonchev–Trinajstić information content (AvgIpc) is 2.63. The Morgan fingerprint density at radius 2 is 1.78 bits per heavy atom. The van der Waals surface area contributed by atoms with E-state index >= 15 is 0 Å². The van der Waals surface area contributed by atoms with Crippen molar-refractivity contribution >= 4 is 11.8 Å². The molecule has 2 heterocycles. The number of nitrogens with one attached hydrogen (secondary N) is 1. The van der Waals surface area contributed by atoms with Crippen molar-refractivity contribution in [2.75, 3.05) is 31.6 Å². The molecule has 27 heavy (non-hydrogen) atoms. The zero-order chi connectivity index (χ0) is 19.4. The number of morpholine rings is 1. The molecule has 7 nitrogen and oxygen atoms in total. The lowest BCUT2D eigenvalue weighted by molar-refractivity contribution is 0.00535. The Bertz CT molecular complexity index is 696. The van der Waals surface area contributed by atoms with Gasteiger partial charge in [-0.05, 0) is 58.6 Å². The first-order chi connectivity index (χ1) is 12.8. The van der Waals surface area contributed by atoms with Gasteiger partial charge in [-0.15, -0.1) is 0 Å². The second-order valence-electron chi connectivity index (χ2n) is 8.37. The largest absolute Gasteiger partial charge is 0.444 e. The summed E-state index contributed by atoms with van der Waals surface area (Å²) in [4.78, 5) is 27.3. The van der Waals surface area contributed by atoms with Gasteiger partial charge in [-0.2, -0.15) is 0 Å². The van der Waals surface area contributed by atoms with E-state index in [2.05, 4.69) is 10.2 Å². The molecule has 1 N–H and O–H groups in total. The normalized spacial score (nSPS) is 24.4. The van der Waals surface area contributed by atoms with Crippen LogP contribution in [-0.4, -0.2) is 53.5 Å². The van der Waals surface area contributed by atoms with E-state index in [1.54, 1.807) is 31.4 Å². The number of nitrogens with zero attached hydrogens (tertiary/aromatic N) is 2. The second kappa shape index (κ2) is 8.44. The SMILES string of the molecule is CC(C)(C)OC(=O)Nc1cccn(C2CCC(N3CCOCC3)CC2)c1=O. The molecule has 2 fully saturated rings.